The number of ketones is 1. The van der Waals surface area contributed by atoms with Crippen molar-refractivity contribution < 1.29 is 14.3 Å². The summed E-state index contributed by atoms with van der Waals surface area (Å²) in [5, 5.41) is 0. The lowest BCUT2D eigenvalue weighted by Gasteiger charge is -2.21. The zero-order chi connectivity index (χ0) is 11.4. The van der Waals surface area contributed by atoms with Crippen molar-refractivity contribution in [3.05, 3.63) is 35.4 Å². The number of ether oxygens (including phenoxy) is 2. The molecule has 1 heterocycles. The molecule has 1 aliphatic heterocycles. The van der Waals surface area contributed by atoms with Crippen LogP contribution in [0.3, 0.4) is 0 Å². The summed E-state index contributed by atoms with van der Waals surface area (Å²) in [7, 11) is 0. The second kappa shape index (κ2) is 5.23. The summed E-state index contributed by atoms with van der Waals surface area (Å²) in [6, 6.07) is 7.70. The zero-order valence-electron chi connectivity index (χ0n) is 9.44. The Balaban J connectivity index is 2.12. The molecule has 0 spiro atoms. The topological polar surface area (TPSA) is 35.5 Å². The molecule has 0 saturated carbocycles. The number of aryl methyl sites for hydroxylation is 1. The van der Waals surface area contributed by atoms with E-state index < -0.39 is 6.10 Å². The first-order valence-electron chi connectivity index (χ1n) is 5.63. The smallest absolute Gasteiger partial charge is 0.193 e. The van der Waals surface area contributed by atoms with Gasteiger partial charge in [0.1, 0.15) is 6.10 Å². The van der Waals surface area contributed by atoms with E-state index >= 15 is 0 Å². The minimum absolute atomic E-state index is 0.0231. The van der Waals surface area contributed by atoms with Gasteiger partial charge in [0.15, 0.2) is 5.78 Å². The molecule has 1 aliphatic rings. The Morgan fingerprint density at radius 3 is 3.00 bits per heavy atom. The lowest BCUT2D eigenvalue weighted by Crippen LogP contribution is -2.35. The van der Waals surface area contributed by atoms with E-state index in [1.54, 1.807) is 0 Å². The molecule has 0 amide bonds. The number of hydrogen-bond donors (Lipinski definition) is 0. The molecule has 0 N–H and O–H groups in total. The van der Waals surface area contributed by atoms with Gasteiger partial charge >= 0.3 is 0 Å². The van der Waals surface area contributed by atoms with Crippen molar-refractivity contribution in [3.8, 4) is 0 Å². The Bertz CT molecular complexity index is 367. The van der Waals surface area contributed by atoms with E-state index in [1.807, 2.05) is 24.3 Å². The van der Waals surface area contributed by atoms with Crippen LogP contribution >= 0.6 is 0 Å². The van der Waals surface area contributed by atoms with Crippen LogP contribution in [0.15, 0.2) is 24.3 Å². The molecule has 86 valence electrons. The van der Waals surface area contributed by atoms with Gasteiger partial charge in [-0.2, -0.15) is 0 Å². The summed E-state index contributed by atoms with van der Waals surface area (Å²) in [4.78, 5) is 12.1. The molecule has 2 rings (SSSR count). The first-order chi connectivity index (χ1) is 7.81. The molecule has 3 heteroatoms. The van der Waals surface area contributed by atoms with Crippen LogP contribution in [0.2, 0.25) is 0 Å². The van der Waals surface area contributed by atoms with E-state index in [4.69, 9.17) is 9.47 Å². The van der Waals surface area contributed by atoms with Gasteiger partial charge < -0.3 is 9.47 Å². The van der Waals surface area contributed by atoms with Crippen LogP contribution < -0.4 is 0 Å². The largest absolute Gasteiger partial charge is 0.376 e. The van der Waals surface area contributed by atoms with Gasteiger partial charge in [-0.25, -0.2) is 0 Å². The highest BCUT2D eigenvalue weighted by Crippen LogP contribution is 2.12. The molecule has 0 aromatic heterocycles. The van der Waals surface area contributed by atoms with Crippen molar-refractivity contribution in [2.24, 2.45) is 0 Å². The fraction of sp³-hybridized carbons (Fsp3) is 0.462. The third-order valence-corrected chi connectivity index (χ3v) is 2.73. The minimum Gasteiger partial charge on any atom is -0.376 e. The van der Waals surface area contributed by atoms with Gasteiger partial charge in [0.25, 0.3) is 0 Å². The number of benzene rings is 1. The third kappa shape index (κ3) is 2.49. The Morgan fingerprint density at radius 2 is 2.31 bits per heavy atom. The second-order valence-electron chi connectivity index (χ2n) is 3.85. The maximum atomic E-state index is 12.1. The Kier molecular flexibility index (Phi) is 3.70. The Labute approximate surface area is 95.4 Å². The van der Waals surface area contributed by atoms with E-state index in [1.165, 1.54) is 5.56 Å². The summed E-state index contributed by atoms with van der Waals surface area (Å²) >= 11 is 0. The standard InChI is InChI=1S/C13H16O3/c1-2-10-4-3-5-11(8-10)13(14)12-9-15-6-7-16-12/h3-5,8,12H,2,6-7,9H2,1H3. The highest BCUT2D eigenvalue weighted by atomic mass is 16.6. The van der Waals surface area contributed by atoms with Crippen LogP contribution in [0.1, 0.15) is 22.8 Å². The van der Waals surface area contributed by atoms with Crippen molar-refractivity contribution in [2.75, 3.05) is 19.8 Å². The summed E-state index contributed by atoms with van der Waals surface area (Å²) < 4.78 is 10.6. The molecule has 1 unspecified atom stereocenters. The van der Waals surface area contributed by atoms with Gasteiger partial charge in [0, 0.05) is 5.56 Å². The van der Waals surface area contributed by atoms with Crippen LogP contribution in [-0.2, 0) is 15.9 Å². The Hall–Kier alpha value is -1.19. The van der Waals surface area contributed by atoms with Crippen molar-refractivity contribution >= 4 is 5.78 Å². The van der Waals surface area contributed by atoms with E-state index in [2.05, 4.69) is 6.92 Å². The molecule has 1 saturated heterocycles. The quantitative estimate of drug-likeness (QED) is 0.729. The van der Waals surface area contributed by atoms with Gasteiger partial charge in [-0.1, -0.05) is 25.1 Å². The van der Waals surface area contributed by atoms with Gasteiger partial charge in [0.2, 0.25) is 0 Å². The molecule has 3 nitrogen and oxygen atoms in total. The highest BCUT2D eigenvalue weighted by molar-refractivity contribution is 5.99. The van der Waals surface area contributed by atoms with E-state index in [9.17, 15) is 4.79 Å². The maximum absolute atomic E-state index is 12.1. The predicted molar refractivity (Wildman–Crippen MR) is 60.7 cm³/mol. The summed E-state index contributed by atoms with van der Waals surface area (Å²) in [5.74, 6) is 0.0231. The van der Waals surface area contributed by atoms with Crippen LogP contribution in [0.4, 0.5) is 0 Å². The van der Waals surface area contributed by atoms with Crippen LogP contribution in [0.5, 0.6) is 0 Å². The molecule has 16 heavy (non-hydrogen) atoms. The average molecular weight is 220 g/mol. The van der Waals surface area contributed by atoms with E-state index in [0.717, 1.165) is 12.0 Å². The molecule has 1 atom stereocenters. The van der Waals surface area contributed by atoms with Gasteiger partial charge in [0.05, 0.1) is 19.8 Å². The Morgan fingerprint density at radius 1 is 1.44 bits per heavy atom. The van der Waals surface area contributed by atoms with E-state index in [0.29, 0.717) is 19.8 Å². The molecule has 1 fully saturated rings. The molecular weight excluding hydrogens is 204 g/mol. The molecule has 0 bridgehead atoms. The predicted octanol–water partition coefficient (Wildman–Crippen LogP) is 1.85. The first kappa shape index (κ1) is 11.3. The molecule has 1 aromatic carbocycles. The van der Waals surface area contributed by atoms with Crippen LogP contribution in [-0.4, -0.2) is 31.7 Å². The van der Waals surface area contributed by atoms with Crippen LogP contribution in [0, 0.1) is 0 Å². The van der Waals surface area contributed by atoms with Gasteiger partial charge in [-0.15, -0.1) is 0 Å². The highest BCUT2D eigenvalue weighted by Gasteiger charge is 2.23. The monoisotopic (exact) mass is 220 g/mol. The molecule has 0 radical (unpaired) electrons. The summed E-state index contributed by atoms with van der Waals surface area (Å²) in [5.41, 5.74) is 1.89. The number of hydrogen-bond acceptors (Lipinski definition) is 3. The molecular formula is C13H16O3. The molecule has 1 aromatic rings. The molecule has 0 aliphatic carbocycles. The number of carbonyl (C=O) groups is 1. The fourth-order valence-corrected chi connectivity index (χ4v) is 1.77. The minimum atomic E-state index is -0.430. The fourth-order valence-electron chi connectivity index (χ4n) is 1.77. The maximum Gasteiger partial charge on any atom is 0.193 e. The summed E-state index contributed by atoms with van der Waals surface area (Å²) in [6.45, 7) is 3.53. The van der Waals surface area contributed by atoms with Crippen molar-refractivity contribution in [1.82, 2.24) is 0 Å². The average Bonchev–Trinajstić information content (AvgIpc) is 2.39. The number of rotatable bonds is 3. The normalized spacial score (nSPS) is 20.7. The first-order valence-corrected chi connectivity index (χ1v) is 5.63. The lowest BCUT2D eigenvalue weighted by molar-refractivity contribution is -0.0719. The summed E-state index contributed by atoms with van der Waals surface area (Å²) in [6.07, 6.45) is 0.504. The number of carbonyl (C=O) groups excluding carboxylic acids is 1. The van der Waals surface area contributed by atoms with Crippen molar-refractivity contribution in [3.63, 3.8) is 0 Å². The SMILES string of the molecule is CCc1cccc(C(=O)C2COCCO2)c1. The van der Waals surface area contributed by atoms with E-state index in [-0.39, 0.29) is 5.78 Å². The zero-order valence-corrected chi connectivity index (χ0v) is 9.44. The van der Waals surface area contributed by atoms with Crippen molar-refractivity contribution in [2.45, 2.75) is 19.4 Å². The second-order valence-corrected chi connectivity index (χ2v) is 3.85. The number of Topliss-reactive ketones (excluding diaryl/α,β-unsaturated/α-hetero) is 1. The van der Waals surface area contributed by atoms with Gasteiger partial charge in [-0.05, 0) is 18.1 Å². The lowest BCUT2D eigenvalue weighted by atomic mass is 10.0. The van der Waals surface area contributed by atoms with Crippen LogP contribution in [0.25, 0.3) is 0 Å². The van der Waals surface area contributed by atoms with Gasteiger partial charge in [-0.3, -0.25) is 4.79 Å². The van der Waals surface area contributed by atoms with Crippen molar-refractivity contribution in [1.29, 1.82) is 0 Å². The third-order valence-electron chi connectivity index (χ3n) is 2.73.